The van der Waals surface area contributed by atoms with Crippen molar-refractivity contribution in [1.29, 1.82) is 0 Å². The third-order valence-electron chi connectivity index (χ3n) is 6.71. The molecule has 4 aromatic rings. The zero-order valence-corrected chi connectivity index (χ0v) is 30.9. The first kappa shape index (κ1) is 33.8. The van der Waals surface area contributed by atoms with Gasteiger partial charge in [-0.15, -0.1) is 0 Å². The molecule has 0 radical (unpaired) electrons. The van der Waals surface area contributed by atoms with Gasteiger partial charge in [-0.3, -0.25) is 9.36 Å². The standard InChI is InChI=1S/C32H26Cl2I2N2O6S/c1-4-42-25-9-7-18(13-26(25)43-5-2)28-21(31(40)41-3)15-37-32-38(28)30(39)27(45-32)12-17-10-23(35)29(24(36)11-17)44-16-19-6-8-20(33)14-22(19)34/h6-15,28H,4-5,16H2,1-3H3/b27-12-/t28-/m0/s1. The molecule has 45 heavy (non-hydrogen) atoms. The number of aromatic nitrogens is 1. The summed E-state index contributed by atoms with van der Waals surface area (Å²) in [6.45, 7) is 4.92. The number of hydrogen-bond acceptors (Lipinski definition) is 8. The maximum atomic E-state index is 14.0. The van der Waals surface area contributed by atoms with Crippen LogP contribution in [0.2, 0.25) is 10.0 Å². The number of ether oxygens (including phenoxy) is 4. The molecule has 0 amide bonds. The second-order valence-corrected chi connectivity index (χ2v) is 13.8. The Balaban J connectivity index is 1.54. The third kappa shape index (κ3) is 7.37. The number of rotatable bonds is 10. The lowest BCUT2D eigenvalue weighted by Gasteiger charge is -2.23. The number of methoxy groups -OCH3 is 1. The highest BCUT2D eigenvalue weighted by Crippen LogP contribution is 2.35. The van der Waals surface area contributed by atoms with Gasteiger partial charge in [0.2, 0.25) is 0 Å². The van der Waals surface area contributed by atoms with Gasteiger partial charge in [0.05, 0.1) is 43.6 Å². The second kappa shape index (κ2) is 14.9. The highest BCUT2D eigenvalue weighted by molar-refractivity contribution is 14.1. The summed E-state index contributed by atoms with van der Waals surface area (Å²) in [6.07, 6.45) is 3.28. The minimum atomic E-state index is -0.776. The first-order valence-electron chi connectivity index (χ1n) is 13.7. The zero-order chi connectivity index (χ0) is 32.2. The Morgan fingerprint density at radius 3 is 2.38 bits per heavy atom. The summed E-state index contributed by atoms with van der Waals surface area (Å²) in [5, 5.41) is 1.10. The van der Waals surface area contributed by atoms with E-state index in [1.165, 1.54) is 29.2 Å². The number of fused-ring (bicyclic) bond motifs is 1. The van der Waals surface area contributed by atoms with E-state index in [-0.39, 0.29) is 17.7 Å². The summed E-state index contributed by atoms with van der Waals surface area (Å²) in [6, 6.07) is 13.8. The lowest BCUT2D eigenvalue weighted by molar-refractivity contribution is -0.136. The number of carbonyl (C=O) groups excluding carboxylic acids is 1. The Hall–Kier alpha value is -2.59. The molecule has 1 aliphatic rings. The van der Waals surface area contributed by atoms with Crippen LogP contribution < -0.4 is 29.1 Å². The van der Waals surface area contributed by atoms with E-state index in [4.69, 9.17) is 42.1 Å². The molecule has 0 aliphatic carbocycles. The highest BCUT2D eigenvalue weighted by Gasteiger charge is 2.31. The molecule has 0 N–H and O–H groups in total. The molecule has 5 rings (SSSR count). The fourth-order valence-corrected chi connectivity index (χ4v) is 8.29. The second-order valence-electron chi connectivity index (χ2n) is 9.59. The monoisotopic (exact) mass is 890 g/mol. The molecular formula is C32H26Cl2I2N2O6S. The summed E-state index contributed by atoms with van der Waals surface area (Å²) in [7, 11) is 1.30. The Morgan fingerprint density at radius 1 is 1.00 bits per heavy atom. The van der Waals surface area contributed by atoms with Gasteiger partial charge in [-0.05, 0) is 113 Å². The minimum Gasteiger partial charge on any atom is -0.490 e. The topological polar surface area (TPSA) is 88.4 Å². The third-order valence-corrected chi connectivity index (χ3v) is 9.90. The van der Waals surface area contributed by atoms with E-state index in [9.17, 15) is 9.59 Å². The Bertz CT molecular complexity index is 1970. The van der Waals surface area contributed by atoms with Crippen LogP contribution in [0.1, 0.15) is 36.6 Å². The van der Waals surface area contributed by atoms with Crippen molar-refractivity contribution in [1.82, 2.24) is 4.57 Å². The van der Waals surface area contributed by atoms with E-state index >= 15 is 0 Å². The van der Waals surface area contributed by atoms with Crippen LogP contribution in [-0.2, 0) is 16.1 Å². The summed E-state index contributed by atoms with van der Waals surface area (Å²) < 4.78 is 26.5. The lowest BCUT2D eigenvalue weighted by atomic mass is 9.97. The van der Waals surface area contributed by atoms with Gasteiger partial charge >= 0.3 is 5.97 Å². The molecule has 3 aromatic carbocycles. The van der Waals surface area contributed by atoms with Crippen LogP contribution in [-0.4, -0.2) is 30.9 Å². The first-order valence-corrected chi connectivity index (χ1v) is 17.4. The summed E-state index contributed by atoms with van der Waals surface area (Å²) in [4.78, 5) is 31.8. The predicted octanol–water partition coefficient (Wildman–Crippen LogP) is 6.91. The van der Waals surface area contributed by atoms with E-state index in [0.717, 1.165) is 18.3 Å². The van der Waals surface area contributed by atoms with E-state index in [1.54, 1.807) is 24.3 Å². The van der Waals surface area contributed by atoms with Gasteiger partial charge in [0.1, 0.15) is 12.4 Å². The van der Waals surface area contributed by atoms with Gasteiger partial charge in [0, 0.05) is 21.8 Å². The molecule has 2 heterocycles. The van der Waals surface area contributed by atoms with Crippen molar-refractivity contribution in [2.45, 2.75) is 26.5 Å². The maximum absolute atomic E-state index is 14.0. The smallest absolute Gasteiger partial charge is 0.337 e. The molecule has 1 aliphatic heterocycles. The maximum Gasteiger partial charge on any atom is 0.337 e. The fraction of sp³-hybridized carbons (Fsp3) is 0.219. The summed E-state index contributed by atoms with van der Waals surface area (Å²) in [5.74, 6) is 1.23. The molecule has 1 atom stereocenters. The molecule has 234 valence electrons. The van der Waals surface area contributed by atoms with Gasteiger partial charge in [0.15, 0.2) is 16.3 Å². The Morgan fingerprint density at radius 2 is 1.71 bits per heavy atom. The SMILES string of the molecule is CCOc1ccc([C@H]2C(C(=O)OC)=CN=c3s/c(=C\c4cc(I)c(OCc5ccc(Cl)cc5Cl)c(I)c4)c(=O)n32)cc1OCC. The predicted molar refractivity (Wildman–Crippen MR) is 193 cm³/mol. The Kier molecular flexibility index (Phi) is 11.2. The number of thiazole rings is 1. The number of hydrogen-bond donors (Lipinski definition) is 0. The molecule has 8 nitrogen and oxygen atoms in total. The van der Waals surface area contributed by atoms with Crippen molar-refractivity contribution in [3.63, 3.8) is 0 Å². The van der Waals surface area contributed by atoms with Crippen molar-refractivity contribution in [2.24, 2.45) is 4.99 Å². The average molecular weight is 891 g/mol. The van der Waals surface area contributed by atoms with Crippen molar-refractivity contribution < 1.29 is 23.7 Å². The van der Waals surface area contributed by atoms with Crippen LogP contribution in [0.15, 0.2) is 70.1 Å². The van der Waals surface area contributed by atoms with Gasteiger partial charge in [-0.1, -0.05) is 46.7 Å². The van der Waals surface area contributed by atoms with Crippen LogP contribution in [0.5, 0.6) is 17.2 Å². The quantitative estimate of drug-likeness (QED) is 0.127. The van der Waals surface area contributed by atoms with Crippen LogP contribution in [0.4, 0.5) is 0 Å². The van der Waals surface area contributed by atoms with Gasteiger partial charge in [-0.2, -0.15) is 0 Å². The van der Waals surface area contributed by atoms with E-state index in [0.29, 0.717) is 55.4 Å². The molecule has 0 saturated carbocycles. The fourth-order valence-electron chi connectivity index (χ4n) is 4.73. The van der Waals surface area contributed by atoms with Crippen molar-refractivity contribution in [3.05, 3.63) is 114 Å². The van der Waals surface area contributed by atoms with E-state index in [1.807, 2.05) is 44.2 Å². The molecule has 1 aromatic heterocycles. The largest absolute Gasteiger partial charge is 0.490 e. The zero-order valence-electron chi connectivity index (χ0n) is 24.2. The first-order chi connectivity index (χ1) is 21.6. The minimum absolute atomic E-state index is 0.231. The van der Waals surface area contributed by atoms with Crippen LogP contribution in [0.3, 0.4) is 0 Å². The highest BCUT2D eigenvalue weighted by atomic mass is 127. The summed E-state index contributed by atoms with van der Waals surface area (Å²) in [5.41, 5.74) is 2.24. The number of nitrogens with zero attached hydrogens (tertiary/aromatic N) is 2. The van der Waals surface area contributed by atoms with E-state index < -0.39 is 12.0 Å². The average Bonchev–Trinajstić information content (AvgIpc) is 3.32. The molecule has 0 fully saturated rings. The van der Waals surface area contributed by atoms with Gasteiger partial charge in [0.25, 0.3) is 5.56 Å². The lowest BCUT2D eigenvalue weighted by Crippen LogP contribution is -2.39. The molecule has 0 saturated heterocycles. The normalized spacial score (nSPS) is 14.3. The van der Waals surface area contributed by atoms with Crippen molar-refractivity contribution >= 4 is 91.8 Å². The van der Waals surface area contributed by atoms with Gasteiger partial charge in [-0.25, -0.2) is 9.79 Å². The molecule has 0 unspecified atom stereocenters. The van der Waals surface area contributed by atoms with Crippen molar-refractivity contribution in [2.75, 3.05) is 20.3 Å². The van der Waals surface area contributed by atoms with Crippen LogP contribution in [0.25, 0.3) is 6.08 Å². The number of carbonyl (C=O) groups is 1. The number of benzene rings is 3. The van der Waals surface area contributed by atoms with Crippen LogP contribution in [0, 0.1) is 7.14 Å². The van der Waals surface area contributed by atoms with Gasteiger partial charge < -0.3 is 18.9 Å². The van der Waals surface area contributed by atoms with Crippen molar-refractivity contribution in [3.8, 4) is 17.2 Å². The molecule has 0 bridgehead atoms. The molecular weight excluding hydrogens is 865 g/mol. The Labute approximate surface area is 300 Å². The number of halogens is 4. The van der Waals surface area contributed by atoms with Crippen LogP contribution >= 0.6 is 79.7 Å². The number of esters is 1. The molecule has 0 spiro atoms. The summed E-state index contributed by atoms with van der Waals surface area (Å²) >= 11 is 18.0. The molecule has 13 heteroatoms. The van der Waals surface area contributed by atoms with E-state index in [2.05, 4.69) is 50.2 Å².